The van der Waals surface area contributed by atoms with Crippen molar-refractivity contribution in [2.45, 2.75) is 30.7 Å². The maximum Gasteiger partial charge on any atom is 0.261 e. The Labute approximate surface area is 167 Å². The molecule has 0 spiro atoms. The first-order valence-corrected chi connectivity index (χ1v) is 9.34. The van der Waals surface area contributed by atoms with Gasteiger partial charge in [0.1, 0.15) is 0 Å². The Hall–Kier alpha value is -3.29. The number of nitrogens with one attached hydrogen (secondary N) is 1. The van der Waals surface area contributed by atoms with E-state index in [1.165, 1.54) is 6.08 Å². The quantitative estimate of drug-likeness (QED) is 0.535. The van der Waals surface area contributed by atoms with Crippen molar-refractivity contribution in [3.8, 4) is 0 Å². The Balaban J connectivity index is 1.49. The number of carbonyl (C=O) groups is 3. The molecule has 1 aliphatic carbocycles. The standard InChI is InChI=1S/C22H20N2O5/c25-18-11-10-14(23-20(27)19(26)13-6-2-1-3-7-13)12-17(18)24-21(28)15-8-4-5-9-16(15)22(24)29/h1-11,14,17-19,25-26H,12H2,(H,23,27)/t14-,17+,18+,19+/m0/s1. The number of hydrogen-bond donors (Lipinski definition) is 3. The Bertz CT molecular complexity index is 953. The van der Waals surface area contributed by atoms with Crippen LogP contribution in [0.2, 0.25) is 0 Å². The summed E-state index contributed by atoms with van der Waals surface area (Å²) in [5.41, 5.74) is 1.07. The lowest BCUT2D eigenvalue weighted by Crippen LogP contribution is -2.52. The monoisotopic (exact) mass is 392 g/mol. The largest absolute Gasteiger partial charge is 0.387 e. The maximum absolute atomic E-state index is 12.7. The van der Waals surface area contributed by atoms with Crippen molar-refractivity contribution in [1.82, 2.24) is 10.2 Å². The van der Waals surface area contributed by atoms with Gasteiger partial charge in [-0.15, -0.1) is 0 Å². The lowest BCUT2D eigenvalue weighted by Gasteiger charge is -2.34. The van der Waals surface area contributed by atoms with E-state index in [-0.39, 0.29) is 6.42 Å². The van der Waals surface area contributed by atoms with Crippen molar-refractivity contribution in [3.63, 3.8) is 0 Å². The van der Waals surface area contributed by atoms with Crippen LogP contribution in [0.5, 0.6) is 0 Å². The highest BCUT2D eigenvalue weighted by Crippen LogP contribution is 2.29. The molecule has 7 heteroatoms. The molecule has 0 bridgehead atoms. The van der Waals surface area contributed by atoms with E-state index in [1.807, 2.05) is 0 Å². The van der Waals surface area contributed by atoms with Gasteiger partial charge in [-0.1, -0.05) is 54.6 Å². The number of benzene rings is 2. The second-order valence-electron chi connectivity index (χ2n) is 7.13. The first-order valence-electron chi connectivity index (χ1n) is 9.34. The number of amides is 3. The van der Waals surface area contributed by atoms with Gasteiger partial charge in [-0.2, -0.15) is 0 Å². The number of nitrogens with zero attached hydrogens (tertiary/aromatic N) is 1. The summed E-state index contributed by atoms with van der Waals surface area (Å²) in [7, 11) is 0. The average Bonchev–Trinajstić information content (AvgIpc) is 3.00. The van der Waals surface area contributed by atoms with Gasteiger partial charge in [-0.25, -0.2) is 0 Å². The summed E-state index contributed by atoms with van der Waals surface area (Å²) in [6, 6.07) is 13.7. The maximum atomic E-state index is 12.7. The molecule has 148 valence electrons. The minimum atomic E-state index is -1.34. The molecule has 4 rings (SSSR count). The number of fused-ring (bicyclic) bond motifs is 1. The molecular weight excluding hydrogens is 372 g/mol. The normalized spacial score (nSPS) is 24.3. The molecule has 0 saturated heterocycles. The van der Waals surface area contributed by atoms with Crippen molar-refractivity contribution in [3.05, 3.63) is 83.4 Å². The molecular formula is C22H20N2O5. The molecule has 29 heavy (non-hydrogen) atoms. The van der Waals surface area contributed by atoms with Gasteiger partial charge in [0.25, 0.3) is 17.7 Å². The minimum absolute atomic E-state index is 0.149. The Morgan fingerprint density at radius 1 is 0.966 bits per heavy atom. The van der Waals surface area contributed by atoms with Crippen molar-refractivity contribution in [2.75, 3.05) is 0 Å². The van der Waals surface area contributed by atoms with Crippen LogP contribution in [0.4, 0.5) is 0 Å². The molecule has 4 atom stereocenters. The third-order valence-electron chi connectivity index (χ3n) is 5.28. The first-order chi connectivity index (χ1) is 14.0. The van der Waals surface area contributed by atoms with E-state index < -0.39 is 42.0 Å². The summed E-state index contributed by atoms with van der Waals surface area (Å²) >= 11 is 0. The first kappa shape index (κ1) is 19.0. The van der Waals surface area contributed by atoms with Gasteiger partial charge in [-0.05, 0) is 24.1 Å². The molecule has 3 amide bonds. The molecule has 0 aromatic heterocycles. The number of imide groups is 1. The molecule has 7 nitrogen and oxygen atoms in total. The fourth-order valence-corrected chi connectivity index (χ4v) is 3.78. The van der Waals surface area contributed by atoms with Gasteiger partial charge < -0.3 is 15.5 Å². The SMILES string of the molecule is O=C(N[C@H]1C=C[C@@H](O)[C@H](N2C(=O)c3ccccc3C2=O)C1)[C@H](O)c1ccccc1. The number of carbonyl (C=O) groups excluding carboxylic acids is 3. The second kappa shape index (κ2) is 7.62. The summed E-state index contributed by atoms with van der Waals surface area (Å²) in [5.74, 6) is -1.51. The third kappa shape index (κ3) is 3.46. The molecule has 0 fully saturated rings. The van der Waals surface area contributed by atoms with Crippen LogP contribution in [-0.4, -0.2) is 51.0 Å². The summed E-state index contributed by atoms with van der Waals surface area (Å²) in [5, 5.41) is 23.3. The number of aliphatic hydroxyl groups is 2. The van der Waals surface area contributed by atoms with E-state index in [0.29, 0.717) is 16.7 Å². The summed E-state index contributed by atoms with van der Waals surface area (Å²) < 4.78 is 0. The average molecular weight is 392 g/mol. The van der Waals surface area contributed by atoms with Crippen LogP contribution in [-0.2, 0) is 4.79 Å². The van der Waals surface area contributed by atoms with Gasteiger partial charge in [0, 0.05) is 6.04 Å². The molecule has 3 N–H and O–H groups in total. The second-order valence-corrected chi connectivity index (χ2v) is 7.13. The van der Waals surface area contributed by atoms with Gasteiger partial charge >= 0.3 is 0 Å². The van der Waals surface area contributed by atoms with Gasteiger partial charge in [-0.3, -0.25) is 19.3 Å². The number of aliphatic hydroxyl groups excluding tert-OH is 2. The lowest BCUT2D eigenvalue weighted by atomic mass is 9.93. The predicted octanol–water partition coefficient (Wildman–Crippen LogP) is 1.19. The predicted molar refractivity (Wildman–Crippen MR) is 104 cm³/mol. The Morgan fingerprint density at radius 2 is 1.55 bits per heavy atom. The minimum Gasteiger partial charge on any atom is -0.387 e. The summed E-state index contributed by atoms with van der Waals surface area (Å²) in [6.07, 6.45) is 0.835. The van der Waals surface area contributed by atoms with E-state index in [2.05, 4.69) is 5.32 Å². The van der Waals surface area contributed by atoms with Crippen molar-refractivity contribution >= 4 is 17.7 Å². The fraction of sp³-hybridized carbons (Fsp3) is 0.227. The highest BCUT2D eigenvalue weighted by Gasteiger charge is 2.43. The zero-order chi connectivity index (χ0) is 20.5. The molecule has 0 radical (unpaired) electrons. The van der Waals surface area contributed by atoms with Crippen LogP contribution in [0.15, 0.2) is 66.7 Å². The van der Waals surface area contributed by atoms with Crippen LogP contribution in [0, 0.1) is 0 Å². The summed E-state index contributed by atoms with van der Waals surface area (Å²) in [6.45, 7) is 0. The number of hydrogen-bond acceptors (Lipinski definition) is 5. The smallest absolute Gasteiger partial charge is 0.261 e. The third-order valence-corrected chi connectivity index (χ3v) is 5.28. The lowest BCUT2D eigenvalue weighted by molar-refractivity contribution is -0.130. The molecule has 1 aliphatic heterocycles. The van der Waals surface area contributed by atoms with Crippen LogP contribution < -0.4 is 5.32 Å². The van der Waals surface area contributed by atoms with E-state index >= 15 is 0 Å². The zero-order valence-electron chi connectivity index (χ0n) is 15.4. The highest BCUT2D eigenvalue weighted by molar-refractivity contribution is 6.21. The van der Waals surface area contributed by atoms with Crippen LogP contribution in [0.3, 0.4) is 0 Å². The molecule has 0 unspecified atom stereocenters. The number of rotatable bonds is 4. The van der Waals surface area contributed by atoms with Crippen LogP contribution in [0.25, 0.3) is 0 Å². The van der Waals surface area contributed by atoms with E-state index in [4.69, 9.17) is 0 Å². The summed E-state index contributed by atoms with van der Waals surface area (Å²) in [4.78, 5) is 38.9. The Morgan fingerprint density at radius 3 is 2.17 bits per heavy atom. The molecule has 0 saturated carbocycles. The topological polar surface area (TPSA) is 107 Å². The van der Waals surface area contributed by atoms with Crippen molar-refractivity contribution < 1.29 is 24.6 Å². The molecule has 2 aliphatic rings. The van der Waals surface area contributed by atoms with Crippen LogP contribution >= 0.6 is 0 Å². The van der Waals surface area contributed by atoms with Gasteiger partial charge in [0.15, 0.2) is 6.10 Å². The van der Waals surface area contributed by atoms with Crippen molar-refractivity contribution in [1.29, 1.82) is 0 Å². The van der Waals surface area contributed by atoms with Gasteiger partial charge in [0.2, 0.25) is 0 Å². The van der Waals surface area contributed by atoms with E-state index in [9.17, 15) is 24.6 Å². The van der Waals surface area contributed by atoms with E-state index in [0.717, 1.165) is 4.90 Å². The van der Waals surface area contributed by atoms with Crippen LogP contribution in [0.1, 0.15) is 38.8 Å². The molecule has 1 heterocycles. The van der Waals surface area contributed by atoms with Crippen molar-refractivity contribution in [2.24, 2.45) is 0 Å². The Kier molecular flexibility index (Phi) is 5.00. The zero-order valence-corrected chi connectivity index (χ0v) is 15.4. The van der Waals surface area contributed by atoms with E-state index in [1.54, 1.807) is 60.7 Å². The molecule has 2 aromatic rings. The van der Waals surface area contributed by atoms with Gasteiger partial charge in [0.05, 0.1) is 23.3 Å². The highest BCUT2D eigenvalue weighted by atomic mass is 16.3. The molecule has 2 aromatic carbocycles. The fourth-order valence-electron chi connectivity index (χ4n) is 3.78.